The van der Waals surface area contributed by atoms with Gasteiger partial charge >= 0.3 is 0 Å². The van der Waals surface area contributed by atoms with Gasteiger partial charge in [-0.05, 0) is 38.2 Å². The summed E-state index contributed by atoms with van der Waals surface area (Å²) in [5.74, 6) is 0. The predicted octanol–water partition coefficient (Wildman–Crippen LogP) is 2.54. The van der Waals surface area contributed by atoms with Crippen molar-refractivity contribution in [1.29, 1.82) is 0 Å². The van der Waals surface area contributed by atoms with Gasteiger partial charge in [0, 0.05) is 22.8 Å². The molecule has 0 spiro atoms. The first-order valence-electron chi connectivity index (χ1n) is 6.87. The lowest BCUT2D eigenvalue weighted by molar-refractivity contribution is 0.122. The topological polar surface area (TPSA) is 57.6 Å². The maximum Gasteiger partial charge on any atom is 0.244 e. The third-order valence-corrected chi connectivity index (χ3v) is 6.78. The minimum absolute atomic E-state index is 0.206. The molecule has 2 heterocycles. The SMILES string of the molecule is Cc1cc(S(=O)(=O)N2CCC(O)CC(C)(C)C2)c(C)s1. The zero-order valence-corrected chi connectivity index (χ0v) is 14.1. The van der Waals surface area contributed by atoms with Crippen LogP contribution in [0.5, 0.6) is 0 Å². The highest BCUT2D eigenvalue weighted by molar-refractivity contribution is 7.89. The van der Waals surface area contributed by atoms with Gasteiger partial charge in [-0.2, -0.15) is 4.31 Å². The molecule has 0 aliphatic carbocycles. The van der Waals surface area contributed by atoms with E-state index in [2.05, 4.69) is 0 Å². The molecule has 1 aromatic rings. The molecule has 0 amide bonds. The monoisotopic (exact) mass is 317 g/mol. The van der Waals surface area contributed by atoms with Gasteiger partial charge < -0.3 is 5.11 Å². The summed E-state index contributed by atoms with van der Waals surface area (Å²) in [7, 11) is -3.46. The van der Waals surface area contributed by atoms with Crippen molar-refractivity contribution in [2.45, 2.75) is 51.5 Å². The number of aryl methyl sites for hydroxylation is 2. The maximum absolute atomic E-state index is 12.8. The largest absolute Gasteiger partial charge is 0.393 e. The Balaban J connectivity index is 2.36. The van der Waals surface area contributed by atoms with Crippen LogP contribution in [-0.4, -0.2) is 37.0 Å². The number of aliphatic hydroxyl groups excluding tert-OH is 1. The summed E-state index contributed by atoms with van der Waals surface area (Å²) in [6, 6.07) is 1.75. The average molecular weight is 317 g/mol. The van der Waals surface area contributed by atoms with Crippen molar-refractivity contribution in [3.05, 3.63) is 15.8 Å². The Morgan fingerprint density at radius 3 is 2.60 bits per heavy atom. The molecule has 1 N–H and O–H groups in total. The first-order chi connectivity index (χ1) is 9.12. The van der Waals surface area contributed by atoms with Crippen molar-refractivity contribution in [3.63, 3.8) is 0 Å². The smallest absolute Gasteiger partial charge is 0.244 e. The Kier molecular flexibility index (Phi) is 4.31. The minimum Gasteiger partial charge on any atom is -0.393 e. The van der Waals surface area contributed by atoms with Gasteiger partial charge in [0.25, 0.3) is 0 Å². The lowest BCUT2D eigenvalue weighted by Gasteiger charge is -2.29. The Morgan fingerprint density at radius 1 is 1.40 bits per heavy atom. The van der Waals surface area contributed by atoms with Crippen LogP contribution in [0.3, 0.4) is 0 Å². The number of rotatable bonds is 2. The van der Waals surface area contributed by atoms with Crippen molar-refractivity contribution >= 4 is 21.4 Å². The van der Waals surface area contributed by atoms with E-state index in [1.807, 2.05) is 27.7 Å². The highest BCUT2D eigenvalue weighted by Gasteiger charge is 2.36. The van der Waals surface area contributed by atoms with Crippen molar-refractivity contribution in [1.82, 2.24) is 4.31 Å². The second-order valence-electron chi connectivity index (χ2n) is 6.43. The van der Waals surface area contributed by atoms with E-state index in [-0.39, 0.29) is 5.41 Å². The van der Waals surface area contributed by atoms with Crippen LogP contribution in [0.25, 0.3) is 0 Å². The zero-order valence-electron chi connectivity index (χ0n) is 12.5. The van der Waals surface area contributed by atoms with Gasteiger partial charge in [-0.1, -0.05) is 13.8 Å². The minimum atomic E-state index is -3.46. The molecule has 1 aromatic heterocycles. The number of nitrogens with zero attached hydrogens (tertiary/aromatic N) is 1. The van der Waals surface area contributed by atoms with E-state index >= 15 is 0 Å². The number of hydrogen-bond acceptors (Lipinski definition) is 4. The molecule has 4 nitrogen and oxygen atoms in total. The molecule has 2 rings (SSSR count). The van der Waals surface area contributed by atoms with Gasteiger partial charge in [-0.25, -0.2) is 8.42 Å². The standard InChI is InChI=1S/C14H23NO3S2/c1-10-7-13(11(2)19-10)20(17,18)15-6-5-12(16)8-14(3,4)9-15/h7,12,16H,5-6,8-9H2,1-4H3. The van der Waals surface area contributed by atoms with Crippen LogP contribution in [0, 0.1) is 19.3 Å². The van der Waals surface area contributed by atoms with E-state index in [1.165, 1.54) is 15.6 Å². The first-order valence-corrected chi connectivity index (χ1v) is 9.13. The summed E-state index contributed by atoms with van der Waals surface area (Å²) in [4.78, 5) is 2.27. The van der Waals surface area contributed by atoms with Crippen molar-refractivity contribution in [3.8, 4) is 0 Å². The Hall–Kier alpha value is -0.430. The van der Waals surface area contributed by atoms with Crippen molar-refractivity contribution in [2.24, 2.45) is 5.41 Å². The van der Waals surface area contributed by atoms with Gasteiger partial charge in [0.2, 0.25) is 10.0 Å². The first kappa shape index (κ1) is 15.9. The highest BCUT2D eigenvalue weighted by atomic mass is 32.2. The van der Waals surface area contributed by atoms with Crippen molar-refractivity contribution < 1.29 is 13.5 Å². The van der Waals surface area contributed by atoms with Crippen LogP contribution >= 0.6 is 11.3 Å². The Labute approximate surface area is 125 Å². The fourth-order valence-corrected chi connectivity index (χ4v) is 6.03. The highest BCUT2D eigenvalue weighted by Crippen LogP contribution is 2.33. The van der Waals surface area contributed by atoms with Crippen molar-refractivity contribution in [2.75, 3.05) is 13.1 Å². The number of aliphatic hydroxyl groups is 1. The molecule has 1 aliphatic heterocycles. The molecule has 0 radical (unpaired) electrons. The van der Waals surface area contributed by atoms with Gasteiger partial charge in [0.1, 0.15) is 0 Å². The van der Waals surface area contributed by atoms with Crippen LogP contribution in [0.1, 0.15) is 36.4 Å². The van der Waals surface area contributed by atoms with Gasteiger partial charge in [0.15, 0.2) is 0 Å². The molecule has 1 unspecified atom stereocenters. The summed E-state index contributed by atoms with van der Waals surface area (Å²) in [5.41, 5.74) is -0.206. The summed E-state index contributed by atoms with van der Waals surface area (Å²) in [5, 5.41) is 9.92. The fraction of sp³-hybridized carbons (Fsp3) is 0.714. The number of thiophene rings is 1. The predicted molar refractivity (Wildman–Crippen MR) is 81.6 cm³/mol. The molecule has 1 fully saturated rings. The molecule has 20 heavy (non-hydrogen) atoms. The second-order valence-corrected chi connectivity index (χ2v) is 9.79. The summed E-state index contributed by atoms with van der Waals surface area (Å²) >= 11 is 1.51. The van der Waals surface area contributed by atoms with E-state index < -0.39 is 16.1 Å². The molecule has 0 aromatic carbocycles. The van der Waals surface area contributed by atoms with Crippen LogP contribution in [0.2, 0.25) is 0 Å². The average Bonchev–Trinajstić information content (AvgIpc) is 2.55. The molecular weight excluding hydrogens is 294 g/mol. The normalized spacial score (nSPS) is 24.6. The van der Waals surface area contributed by atoms with E-state index in [0.29, 0.717) is 30.8 Å². The molecule has 0 saturated carbocycles. The zero-order chi connectivity index (χ0) is 15.1. The third-order valence-electron chi connectivity index (χ3n) is 3.72. The summed E-state index contributed by atoms with van der Waals surface area (Å²) < 4.78 is 27.2. The molecule has 1 atom stereocenters. The number of hydrogen-bond donors (Lipinski definition) is 1. The van der Waals surface area contributed by atoms with E-state index in [4.69, 9.17) is 0 Å². The van der Waals surface area contributed by atoms with Gasteiger partial charge in [0.05, 0.1) is 11.0 Å². The van der Waals surface area contributed by atoms with Crippen LogP contribution < -0.4 is 0 Å². The maximum atomic E-state index is 12.8. The third kappa shape index (κ3) is 3.24. The molecule has 1 saturated heterocycles. The van der Waals surface area contributed by atoms with Gasteiger partial charge in [-0.3, -0.25) is 0 Å². The Bertz CT molecular complexity index is 590. The van der Waals surface area contributed by atoms with E-state index in [9.17, 15) is 13.5 Å². The fourth-order valence-electron chi connectivity index (χ4n) is 2.86. The molecular formula is C14H23NO3S2. The molecule has 0 bridgehead atoms. The van der Waals surface area contributed by atoms with Gasteiger partial charge in [-0.15, -0.1) is 11.3 Å². The number of sulfonamides is 1. The van der Waals surface area contributed by atoms with Crippen LogP contribution in [-0.2, 0) is 10.0 Å². The quantitative estimate of drug-likeness (QED) is 0.912. The molecule has 6 heteroatoms. The lowest BCUT2D eigenvalue weighted by atomic mass is 9.87. The summed E-state index contributed by atoms with van der Waals surface area (Å²) in [6.45, 7) is 8.64. The molecule has 114 valence electrons. The van der Waals surface area contributed by atoms with E-state index in [0.717, 1.165) is 9.75 Å². The molecule has 1 aliphatic rings. The second kappa shape index (κ2) is 5.40. The van der Waals surface area contributed by atoms with Crippen LogP contribution in [0.15, 0.2) is 11.0 Å². The summed E-state index contributed by atoms with van der Waals surface area (Å²) in [6.07, 6.45) is 0.724. The van der Waals surface area contributed by atoms with Crippen LogP contribution in [0.4, 0.5) is 0 Å². The van der Waals surface area contributed by atoms with E-state index in [1.54, 1.807) is 6.07 Å². The lowest BCUT2D eigenvalue weighted by Crippen LogP contribution is -2.37. The Morgan fingerprint density at radius 2 is 2.05 bits per heavy atom.